The van der Waals surface area contributed by atoms with Crippen LogP contribution in [0.2, 0.25) is 5.02 Å². The molecule has 0 atom stereocenters. The van der Waals surface area contributed by atoms with E-state index in [-0.39, 0.29) is 11.5 Å². The van der Waals surface area contributed by atoms with Gasteiger partial charge in [0.1, 0.15) is 15.6 Å². The highest BCUT2D eigenvalue weighted by Crippen LogP contribution is 2.26. The first kappa shape index (κ1) is 16.3. The third kappa shape index (κ3) is 5.38. The molecule has 0 radical (unpaired) electrons. The maximum Gasteiger partial charge on any atom is 0.150 e. The maximum absolute atomic E-state index is 11.3. The van der Waals surface area contributed by atoms with Gasteiger partial charge >= 0.3 is 0 Å². The Morgan fingerprint density at radius 3 is 2.74 bits per heavy atom. The van der Waals surface area contributed by atoms with Gasteiger partial charge in [-0.05, 0) is 31.5 Å². The highest BCUT2D eigenvalue weighted by molar-refractivity contribution is 7.91. The molecule has 1 aromatic rings. The summed E-state index contributed by atoms with van der Waals surface area (Å²) < 4.78 is 28.3. The predicted octanol–water partition coefficient (Wildman–Crippen LogP) is 2.04. The second-order valence-electron chi connectivity index (χ2n) is 4.19. The van der Waals surface area contributed by atoms with E-state index in [1.165, 1.54) is 0 Å². The normalized spacial score (nSPS) is 11.5. The van der Waals surface area contributed by atoms with Gasteiger partial charge in [-0.2, -0.15) is 0 Å². The van der Waals surface area contributed by atoms with Crippen LogP contribution in [0.15, 0.2) is 18.2 Å². The standard InChI is InChI=1S/C13H20ClNO3S/c1-2-19(16,17)10-4-9-18-13-6-3-5-12(14)11(13)7-8-15/h3,5-6H,2,4,7-10,15H2,1H3. The van der Waals surface area contributed by atoms with E-state index in [0.717, 1.165) is 5.56 Å². The minimum absolute atomic E-state index is 0.149. The topological polar surface area (TPSA) is 69.4 Å². The van der Waals surface area contributed by atoms with Gasteiger partial charge in [-0.15, -0.1) is 0 Å². The zero-order chi connectivity index (χ0) is 14.3. The molecule has 0 aliphatic heterocycles. The first-order chi connectivity index (χ1) is 9.00. The lowest BCUT2D eigenvalue weighted by molar-refractivity contribution is 0.314. The maximum atomic E-state index is 11.3. The molecule has 0 aromatic heterocycles. The van der Waals surface area contributed by atoms with E-state index in [9.17, 15) is 8.42 Å². The molecule has 0 spiro atoms. The molecule has 2 N–H and O–H groups in total. The van der Waals surface area contributed by atoms with Crippen LogP contribution in [0, 0.1) is 0 Å². The van der Waals surface area contributed by atoms with E-state index in [2.05, 4.69) is 0 Å². The minimum atomic E-state index is -2.93. The molecule has 0 aliphatic carbocycles. The molecule has 0 heterocycles. The van der Waals surface area contributed by atoms with Crippen molar-refractivity contribution in [2.75, 3.05) is 24.7 Å². The summed E-state index contributed by atoms with van der Waals surface area (Å²) in [6.45, 7) is 2.49. The van der Waals surface area contributed by atoms with E-state index in [0.29, 0.717) is 36.8 Å². The minimum Gasteiger partial charge on any atom is -0.493 e. The average molecular weight is 306 g/mol. The Kier molecular flexibility index (Phi) is 6.62. The summed E-state index contributed by atoms with van der Waals surface area (Å²) in [6.07, 6.45) is 1.12. The Morgan fingerprint density at radius 1 is 1.37 bits per heavy atom. The molecule has 0 fully saturated rings. The van der Waals surface area contributed by atoms with E-state index in [4.69, 9.17) is 22.1 Å². The Labute approximate surface area is 119 Å². The van der Waals surface area contributed by atoms with Gasteiger partial charge in [-0.1, -0.05) is 24.6 Å². The Balaban J connectivity index is 2.56. The molecule has 0 bridgehead atoms. The number of hydrogen-bond acceptors (Lipinski definition) is 4. The lowest BCUT2D eigenvalue weighted by Gasteiger charge is -2.12. The summed E-state index contributed by atoms with van der Waals surface area (Å²) in [4.78, 5) is 0. The number of nitrogens with two attached hydrogens (primary N) is 1. The van der Waals surface area contributed by atoms with Gasteiger partial charge in [0.2, 0.25) is 0 Å². The Bertz CT molecular complexity index is 503. The number of sulfone groups is 1. The highest BCUT2D eigenvalue weighted by Gasteiger charge is 2.09. The molecular weight excluding hydrogens is 286 g/mol. The van der Waals surface area contributed by atoms with Crippen molar-refractivity contribution in [3.63, 3.8) is 0 Å². The third-order valence-corrected chi connectivity index (χ3v) is 4.91. The van der Waals surface area contributed by atoms with Crippen LogP contribution in [0.1, 0.15) is 18.9 Å². The second-order valence-corrected chi connectivity index (χ2v) is 7.07. The van der Waals surface area contributed by atoms with E-state index < -0.39 is 9.84 Å². The number of hydrogen-bond donors (Lipinski definition) is 1. The molecule has 0 saturated heterocycles. The molecule has 1 rings (SSSR count). The Hall–Kier alpha value is -0.780. The number of benzene rings is 1. The van der Waals surface area contributed by atoms with Gasteiger partial charge in [-0.25, -0.2) is 8.42 Å². The van der Waals surface area contributed by atoms with Crippen LogP contribution in [0.25, 0.3) is 0 Å². The molecule has 4 nitrogen and oxygen atoms in total. The predicted molar refractivity (Wildman–Crippen MR) is 78.7 cm³/mol. The van der Waals surface area contributed by atoms with Crippen LogP contribution in [-0.2, 0) is 16.3 Å². The zero-order valence-electron chi connectivity index (χ0n) is 11.1. The van der Waals surface area contributed by atoms with Crippen LogP contribution in [-0.4, -0.2) is 33.1 Å². The molecule has 0 unspecified atom stereocenters. The zero-order valence-corrected chi connectivity index (χ0v) is 12.6. The highest BCUT2D eigenvalue weighted by atomic mass is 35.5. The average Bonchev–Trinajstić information content (AvgIpc) is 2.38. The van der Waals surface area contributed by atoms with Crippen molar-refractivity contribution >= 4 is 21.4 Å². The lowest BCUT2D eigenvalue weighted by atomic mass is 10.1. The summed E-state index contributed by atoms with van der Waals surface area (Å²) in [5.41, 5.74) is 6.41. The summed E-state index contributed by atoms with van der Waals surface area (Å²) in [5, 5.41) is 0.629. The van der Waals surface area contributed by atoms with Crippen molar-refractivity contribution in [3.05, 3.63) is 28.8 Å². The van der Waals surface area contributed by atoms with Crippen molar-refractivity contribution in [1.29, 1.82) is 0 Å². The molecule has 19 heavy (non-hydrogen) atoms. The van der Waals surface area contributed by atoms with E-state index >= 15 is 0 Å². The Morgan fingerprint density at radius 2 is 2.11 bits per heavy atom. The van der Waals surface area contributed by atoms with Crippen LogP contribution in [0.5, 0.6) is 5.75 Å². The van der Waals surface area contributed by atoms with Crippen LogP contribution in [0.3, 0.4) is 0 Å². The van der Waals surface area contributed by atoms with E-state index in [1.54, 1.807) is 19.1 Å². The molecule has 0 amide bonds. The third-order valence-electron chi connectivity index (χ3n) is 2.77. The van der Waals surface area contributed by atoms with Crippen molar-refractivity contribution < 1.29 is 13.2 Å². The van der Waals surface area contributed by atoms with Gasteiger partial charge in [0, 0.05) is 16.3 Å². The van der Waals surface area contributed by atoms with Gasteiger partial charge in [-0.3, -0.25) is 0 Å². The number of halogens is 1. The summed E-state index contributed by atoms with van der Waals surface area (Å²) in [7, 11) is -2.93. The molecule has 0 saturated carbocycles. The first-order valence-electron chi connectivity index (χ1n) is 6.31. The van der Waals surface area contributed by atoms with Crippen molar-refractivity contribution in [2.24, 2.45) is 5.73 Å². The van der Waals surface area contributed by atoms with Crippen LogP contribution in [0.4, 0.5) is 0 Å². The van der Waals surface area contributed by atoms with Gasteiger partial charge in [0.15, 0.2) is 0 Å². The lowest BCUT2D eigenvalue weighted by Crippen LogP contribution is -2.12. The first-order valence-corrected chi connectivity index (χ1v) is 8.50. The SMILES string of the molecule is CCS(=O)(=O)CCCOc1cccc(Cl)c1CCN. The van der Waals surface area contributed by atoms with Crippen LogP contribution >= 0.6 is 11.6 Å². The van der Waals surface area contributed by atoms with Crippen molar-refractivity contribution in [2.45, 2.75) is 19.8 Å². The smallest absolute Gasteiger partial charge is 0.150 e. The molecule has 1 aromatic carbocycles. The van der Waals surface area contributed by atoms with Crippen LogP contribution < -0.4 is 10.5 Å². The molecule has 6 heteroatoms. The van der Waals surface area contributed by atoms with Gasteiger partial charge < -0.3 is 10.5 Å². The fourth-order valence-corrected chi connectivity index (χ4v) is 2.77. The molecule has 0 aliphatic rings. The summed E-state index contributed by atoms with van der Waals surface area (Å²) in [6, 6.07) is 5.42. The summed E-state index contributed by atoms with van der Waals surface area (Å²) >= 11 is 6.08. The number of ether oxygens (including phenoxy) is 1. The fraction of sp³-hybridized carbons (Fsp3) is 0.538. The van der Waals surface area contributed by atoms with Crippen molar-refractivity contribution in [1.82, 2.24) is 0 Å². The fourth-order valence-electron chi connectivity index (χ4n) is 1.67. The largest absolute Gasteiger partial charge is 0.493 e. The monoisotopic (exact) mass is 305 g/mol. The van der Waals surface area contributed by atoms with E-state index in [1.807, 2.05) is 6.07 Å². The van der Waals surface area contributed by atoms with Crippen molar-refractivity contribution in [3.8, 4) is 5.75 Å². The van der Waals surface area contributed by atoms with Gasteiger partial charge in [0.25, 0.3) is 0 Å². The molecular formula is C13H20ClNO3S. The van der Waals surface area contributed by atoms with Gasteiger partial charge in [0.05, 0.1) is 12.4 Å². The number of rotatable bonds is 8. The molecule has 108 valence electrons. The quantitative estimate of drug-likeness (QED) is 0.746. The summed E-state index contributed by atoms with van der Waals surface area (Å²) in [5.74, 6) is 1.01. The second kappa shape index (κ2) is 7.72.